The molecule has 0 amide bonds. The SMILES string of the molecule is CC(C)OCCN1CCN(c2ccnc(Nc3nc4ccc(-c5ccncc5)cc4s3)c2)CC1. The lowest BCUT2D eigenvalue weighted by Crippen LogP contribution is -2.47. The van der Waals surface area contributed by atoms with Gasteiger partial charge in [-0.1, -0.05) is 17.4 Å². The molecule has 34 heavy (non-hydrogen) atoms. The van der Waals surface area contributed by atoms with Gasteiger partial charge in [-0.15, -0.1) is 0 Å². The van der Waals surface area contributed by atoms with Crippen molar-refractivity contribution >= 4 is 38.2 Å². The molecule has 8 heteroatoms. The van der Waals surface area contributed by atoms with Gasteiger partial charge in [-0.2, -0.15) is 0 Å². The molecule has 0 radical (unpaired) electrons. The van der Waals surface area contributed by atoms with Gasteiger partial charge in [0.05, 0.1) is 22.9 Å². The number of ether oxygens (including phenoxy) is 1. The van der Waals surface area contributed by atoms with Gasteiger partial charge in [0.2, 0.25) is 0 Å². The van der Waals surface area contributed by atoms with Gasteiger partial charge in [0, 0.05) is 63.1 Å². The lowest BCUT2D eigenvalue weighted by atomic mass is 10.1. The van der Waals surface area contributed by atoms with Gasteiger partial charge in [-0.05, 0) is 55.3 Å². The first-order valence-electron chi connectivity index (χ1n) is 11.8. The topological polar surface area (TPSA) is 66.4 Å². The Balaban J connectivity index is 1.23. The first kappa shape index (κ1) is 22.7. The van der Waals surface area contributed by atoms with Crippen LogP contribution in [0.3, 0.4) is 0 Å². The summed E-state index contributed by atoms with van der Waals surface area (Å²) in [6.45, 7) is 10.1. The highest BCUT2D eigenvalue weighted by Crippen LogP contribution is 2.32. The number of rotatable bonds is 8. The summed E-state index contributed by atoms with van der Waals surface area (Å²) in [6, 6.07) is 14.6. The van der Waals surface area contributed by atoms with Crippen LogP contribution >= 0.6 is 11.3 Å². The Morgan fingerprint density at radius 2 is 1.79 bits per heavy atom. The number of fused-ring (bicyclic) bond motifs is 1. The van der Waals surface area contributed by atoms with Gasteiger partial charge in [0.1, 0.15) is 5.82 Å². The molecule has 4 heterocycles. The van der Waals surface area contributed by atoms with Crippen LogP contribution in [0.4, 0.5) is 16.6 Å². The molecule has 0 spiro atoms. The summed E-state index contributed by atoms with van der Waals surface area (Å²) in [4.78, 5) is 18.3. The van der Waals surface area contributed by atoms with E-state index in [-0.39, 0.29) is 0 Å². The van der Waals surface area contributed by atoms with E-state index in [0.717, 1.165) is 66.1 Å². The molecule has 7 nitrogen and oxygen atoms in total. The van der Waals surface area contributed by atoms with Gasteiger partial charge in [0.25, 0.3) is 0 Å². The van der Waals surface area contributed by atoms with E-state index >= 15 is 0 Å². The molecule has 1 saturated heterocycles. The van der Waals surface area contributed by atoms with Crippen LogP contribution in [-0.2, 0) is 4.74 Å². The molecule has 0 atom stereocenters. The fourth-order valence-electron chi connectivity index (χ4n) is 4.14. The van der Waals surface area contributed by atoms with Crippen LogP contribution in [0.25, 0.3) is 21.3 Å². The largest absolute Gasteiger partial charge is 0.377 e. The van der Waals surface area contributed by atoms with Crippen molar-refractivity contribution in [3.8, 4) is 11.1 Å². The molecule has 0 saturated carbocycles. The quantitative estimate of drug-likeness (QED) is 0.384. The lowest BCUT2D eigenvalue weighted by molar-refractivity contribution is 0.0579. The molecule has 0 unspecified atom stereocenters. The van der Waals surface area contributed by atoms with Crippen molar-refractivity contribution in [2.45, 2.75) is 20.0 Å². The Hall–Kier alpha value is -3.07. The highest BCUT2D eigenvalue weighted by molar-refractivity contribution is 7.22. The predicted molar refractivity (Wildman–Crippen MR) is 140 cm³/mol. The number of benzene rings is 1. The van der Waals surface area contributed by atoms with E-state index in [4.69, 9.17) is 9.72 Å². The zero-order valence-electron chi connectivity index (χ0n) is 19.6. The second-order valence-corrected chi connectivity index (χ2v) is 9.74. The number of aromatic nitrogens is 3. The van der Waals surface area contributed by atoms with Gasteiger partial charge in [-0.25, -0.2) is 9.97 Å². The van der Waals surface area contributed by atoms with Crippen LogP contribution in [0.2, 0.25) is 0 Å². The van der Waals surface area contributed by atoms with Gasteiger partial charge in [0.15, 0.2) is 5.13 Å². The van der Waals surface area contributed by atoms with Crippen molar-refractivity contribution in [3.63, 3.8) is 0 Å². The summed E-state index contributed by atoms with van der Waals surface area (Å²) in [5.41, 5.74) is 4.50. The third kappa shape index (κ3) is 5.52. The predicted octanol–water partition coefficient (Wildman–Crippen LogP) is 5.04. The molecule has 4 aromatic rings. The minimum absolute atomic E-state index is 0.294. The zero-order valence-corrected chi connectivity index (χ0v) is 20.5. The highest BCUT2D eigenvalue weighted by atomic mass is 32.1. The average Bonchev–Trinajstić information content (AvgIpc) is 3.26. The number of hydrogen-bond acceptors (Lipinski definition) is 8. The Morgan fingerprint density at radius 1 is 0.971 bits per heavy atom. The zero-order chi connectivity index (χ0) is 23.3. The van der Waals surface area contributed by atoms with E-state index in [9.17, 15) is 0 Å². The maximum Gasteiger partial charge on any atom is 0.189 e. The second-order valence-electron chi connectivity index (χ2n) is 8.71. The van der Waals surface area contributed by atoms with Crippen molar-refractivity contribution in [1.29, 1.82) is 0 Å². The third-order valence-electron chi connectivity index (χ3n) is 5.98. The first-order valence-corrected chi connectivity index (χ1v) is 12.6. The molecule has 1 fully saturated rings. The average molecular weight is 475 g/mol. The minimum Gasteiger partial charge on any atom is -0.377 e. The van der Waals surface area contributed by atoms with E-state index in [0.29, 0.717) is 6.10 Å². The van der Waals surface area contributed by atoms with Crippen LogP contribution in [-0.4, -0.2) is 65.3 Å². The third-order valence-corrected chi connectivity index (χ3v) is 6.91. The Morgan fingerprint density at radius 3 is 2.59 bits per heavy atom. The molecule has 5 rings (SSSR count). The van der Waals surface area contributed by atoms with Crippen LogP contribution in [0.5, 0.6) is 0 Å². The summed E-state index contributed by atoms with van der Waals surface area (Å²) >= 11 is 1.64. The van der Waals surface area contributed by atoms with Crippen molar-refractivity contribution in [3.05, 3.63) is 61.1 Å². The molecule has 0 bridgehead atoms. The van der Waals surface area contributed by atoms with Gasteiger partial charge < -0.3 is 15.0 Å². The summed E-state index contributed by atoms with van der Waals surface area (Å²) < 4.78 is 6.84. The normalized spacial score (nSPS) is 14.7. The second kappa shape index (κ2) is 10.5. The minimum atomic E-state index is 0.294. The monoisotopic (exact) mass is 474 g/mol. The lowest BCUT2D eigenvalue weighted by Gasteiger charge is -2.36. The number of piperazine rings is 1. The van der Waals surface area contributed by atoms with E-state index in [1.54, 1.807) is 11.3 Å². The molecule has 176 valence electrons. The smallest absolute Gasteiger partial charge is 0.189 e. The summed E-state index contributed by atoms with van der Waals surface area (Å²) in [5.74, 6) is 0.818. The van der Waals surface area contributed by atoms with Crippen LogP contribution in [0.15, 0.2) is 61.1 Å². The van der Waals surface area contributed by atoms with E-state index < -0.39 is 0 Å². The van der Waals surface area contributed by atoms with Gasteiger partial charge >= 0.3 is 0 Å². The van der Waals surface area contributed by atoms with Crippen molar-refractivity contribution in [2.75, 3.05) is 49.5 Å². The van der Waals surface area contributed by atoms with Crippen molar-refractivity contribution < 1.29 is 4.74 Å². The molecular formula is C26H30N6OS. The molecule has 1 aliphatic rings. The molecule has 0 aliphatic carbocycles. The standard InChI is InChI=1S/C26H30N6OS/c1-19(2)33-16-15-31-11-13-32(14-12-31)22-7-10-28-25(18-22)30-26-29-23-4-3-21(17-24(23)34-26)20-5-8-27-9-6-20/h3-10,17-19H,11-16H2,1-2H3,(H,28,29,30). The Bertz CT molecular complexity index is 1220. The number of hydrogen-bond donors (Lipinski definition) is 1. The molecule has 1 aromatic carbocycles. The van der Waals surface area contributed by atoms with Crippen LogP contribution in [0, 0.1) is 0 Å². The molecule has 1 aliphatic heterocycles. The maximum absolute atomic E-state index is 5.70. The van der Waals surface area contributed by atoms with Crippen molar-refractivity contribution in [1.82, 2.24) is 19.9 Å². The fourth-order valence-corrected chi connectivity index (χ4v) is 5.06. The number of thiazole rings is 1. The number of pyridine rings is 2. The van der Waals surface area contributed by atoms with E-state index in [2.05, 4.69) is 69.3 Å². The molecule has 1 N–H and O–H groups in total. The highest BCUT2D eigenvalue weighted by Gasteiger charge is 2.18. The van der Waals surface area contributed by atoms with Gasteiger partial charge in [-0.3, -0.25) is 9.88 Å². The van der Waals surface area contributed by atoms with E-state index in [1.165, 1.54) is 11.3 Å². The first-order chi connectivity index (χ1) is 16.6. The number of nitrogens with zero attached hydrogens (tertiary/aromatic N) is 5. The maximum atomic E-state index is 5.70. The Kier molecular flexibility index (Phi) is 6.99. The summed E-state index contributed by atoms with van der Waals surface area (Å²) in [5, 5.41) is 4.26. The number of anilines is 3. The number of nitrogens with one attached hydrogen (secondary N) is 1. The summed E-state index contributed by atoms with van der Waals surface area (Å²) in [7, 11) is 0. The fraction of sp³-hybridized carbons (Fsp3) is 0.346. The molecular weight excluding hydrogens is 444 g/mol. The van der Waals surface area contributed by atoms with E-state index in [1.807, 2.05) is 30.7 Å². The molecule has 3 aromatic heterocycles. The van der Waals surface area contributed by atoms with Crippen LogP contribution in [0.1, 0.15) is 13.8 Å². The Labute approximate surface area is 204 Å². The van der Waals surface area contributed by atoms with Crippen molar-refractivity contribution in [2.24, 2.45) is 0 Å². The summed E-state index contributed by atoms with van der Waals surface area (Å²) in [6.07, 6.45) is 5.80. The van der Waals surface area contributed by atoms with Crippen LogP contribution < -0.4 is 10.2 Å².